The monoisotopic (exact) mass is 384 g/mol. The molecule has 2 aromatic carbocycles. The Bertz CT molecular complexity index is 763. The fourth-order valence-electron chi connectivity index (χ4n) is 3.26. The molecule has 1 heterocycles. The van der Waals surface area contributed by atoms with Gasteiger partial charge in [-0.2, -0.15) is 0 Å². The van der Waals surface area contributed by atoms with Crippen LogP contribution >= 0.6 is 0 Å². The van der Waals surface area contributed by atoms with Crippen molar-refractivity contribution < 1.29 is 19.0 Å². The third kappa shape index (κ3) is 5.39. The Balaban J connectivity index is 1.65. The maximum atomic E-state index is 12.7. The number of carbonyl (C=O) groups is 1. The lowest BCUT2D eigenvalue weighted by Crippen LogP contribution is -2.36. The molecule has 1 aliphatic heterocycles. The highest BCUT2D eigenvalue weighted by Crippen LogP contribution is 2.30. The summed E-state index contributed by atoms with van der Waals surface area (Å²) in [5.74, 6) is 2.08. The first-order chi connectivity index (χ1) is 13.7. The van der Waals surface area contributed by atoms with Crippen LogP contribution in [0.2, 0.25) is 0 Å². The van der Waals surface area contributed by atoms with Gasteiger partial charge in [-0.25, -0.2) is 4.79 Å². The molecule has 0 aliphatic carbocycles. The second-order valence-electron chi connectivity index (χ2n) is 6.71. The smallest absolute Gasteiger partial charge is 0.321 e. The van der Waals surface area contributed by atoms with Crippen LogP contribution in [0.3, 0.4) is 0 Å². The molecular weight excluding hydrogens is 356 g/mol. The zero-order valence-electron chi connectivity index (χ0n) is 16.5. The predicted octanol–water partition coefficient (Wildman–Crippen LogP) is 4.91. The zero-order chi connectivity index (χ0) is 19.8. The van der Waals surface area contributed by atoms with Gasteiger partial charge in [0.25, 0.3) is 0 Å². The molecule has 0 radical (unpaired) electrons. The van der Waals surface area contributed by atoms with Gasteiger partial charge in [0.05, 0.1) is 18.4 Å². The summed E-state index contributed by atoms with van der Waals surface area (Å²) < 4.78 is 16.9. The second kappa shape index (κ2) is 9.99. The van der Waals surface area contributed by atoms with Crippen molar-refractivity contribution in [1.29, 1.82) is 0 Å². The fourth-order valence-corrected chi connectivity index (χ4v) is 3.26. The number of benzene rings is 2. The number of amides is 2. The van der Waals surface area contributed by atoms with Gasteiger partial charge in [-0.3, -0.25) is 0 Å². The molecular formula is C22H28N2O4. The molecule has 1 aliphatic rings. The van der Waals surface area contributed by atoms with Crippen LogP contribution in [0, 0.1) is 0 Å². The molecule has 28 heavy (non-hydrogen) atoms. The Labute approximate surface area is 166 Å². The molecule has 2 aromatic rings. The molecule has 1 atom stereocenters. The summed E-state index contributed by atoms with van der Waals surface area (Å²) in [5.41, 5.74) is 0.647. The average molecular weight is 384 g/mol. The Hall–Kier alpha value is -2.73. The molecule has 0 bridgehead atoms. The third-order valence-corrected chi connectivity index (χ3v) is 4.79. The standard InChI is InChI=1S/C22H28N2O4/c1-3-27-18-10-12-19(13-11-18)28-21-9-5-4-8-20(21)23-22(25)24-15-6-7-17(26-2)14-16-24/h4-5,8-13,17H,3,6-7,14-16H2,1-2H3,(H,23,25). The maximum absolute atomic E-state index is 12.7. The molecule has 6 heteroatoms. The molecule has 1 N–H and O–H groups in total. The first-order valence-corrected chi connectivity index (χ1v) is 9.78. The first-order valence-electron chi connectivity index (χ1n) is 9.78. The normalized spacial score (nSPS) is 16.9. The van der Waals surface area contributed by atoms with E-state index in [2.05, 4.69) is 5.32 Å². The van der Waals surface area contributed by atoms with E-state index in [0.29, 0.717) is 30.3 Å². The highest BCUT2D eigenvalue weighted by Gasteiger charge is 2.21. The largest absolute Gasteiger partial charge is 0.494 e. The summed E-state index contributed by atoms with van der Waals surface area (Å²) in [5, 5.41) is 2.99. The van der Waals surface area contributed by atoms with E-state index in [1.54, 1.807) is 7.11 Å². The van der Waals surface area contributed by atoms with E-state index in [1.165, 1.54) is 0 Å². The fraction of sp³-hybridized carbons (Fsp3) is 0.409. The van der Waals surface area contributed by atoms with Gasteiger partial charge in [0.2, 0.25) is 0 Å². The van der Waals surface area contributed by atoms with E-state index in [1.807, 2.05) is 60.4 Å². The van der Waals surface area contributed by atoms with Crippen molar-refractivity contribution in [3.8, 4) is 17.2 Å². The van der Waals surface area contributed by atoms with Crippen molar-refractivity contribution in [2.24, 2.45) is 0 Å². The number of nitrogens with one attached hydrogen (secondary N) is 1. The third-order valence-electron chi connectivity index (χ3n) is 4.79. The zero-order valence-corrected chi connectivity index (χ0v) is 16.5. The van der Waals surface area contributed by atoms with E-state index < -0.39 is 0 Å². The van der Waals surface area contributed by atoms with Crippen LogP contribution in [0.5, 0.6) is 17.2 Å². The molecule has 0 saturated carbocycles. The van der Waals surface area contributed by atoms with Crippen LogP contribution in [0.1, 0.15) is 26.2 Å². The van der Waals surface area contributed by atoms with Gasteiger partial charge < -0.3 is 24.4 Å². The summed E-state index contributed by atoms with van der Waals surface area (Å²) in [6, 6.07) is 14.8. The van der Waals surface area contributed by atoms with Crippen LogP contribution in [0.4, 0.5) is 10.5 Å². The Kier molecular flexibility index (Phi) is 7.14. The average Bonchev–Trinajstić information content (AvgIpc) is 2.97. The summed E-state index contributed by atoms with van der Waals surface area (Å²) in [6.07, 6.45) is 3.01. The number of rotatable bonds is 6. The topological polar surface area (TPSA) is 60.0 Å². The number of likely N-dealkylation sites (tertiary alicyclic amines) is 1. The van der Waals surface area contributed by atoms with Gasteiger partial charge in [0.1, 0.15) is 11.5 Å². The molecule has 1 fully saturated rings. The minimum absolute atomic E-state index is 0.112. The lowest BCUT2D eigenvalue weighted by Gasteiger charge is -2.22. The van der Waals surface area contributed by atoms with E-state index in [9.17, 15) is 4.79 Å². The van der Waals surface area contributed by atoms with Crippen molar-refractivity contribution in [2.45, 2.75) is 32.3 Å². The maximum Gasteiger partial charge on any atom is 0.321 e. The number of hydrogen-bond donors (Lipinski definition) is 1. The van der Waals surface area contributed by atoms with Gasteiger partial charge in [-0.15, -0.1) is 0 Å². The minimum atomic E-state index is -0.112. The summed E-state index contributed by atoms with van der Waals surface area (Å²) in [6.45, 7) is 3.99. The van der Waals surface area contributed by atoms with Crippen LogP contribution in [-0.2, 0) is 4.74 Å². The number of carbonyl (C=O) groups excluding carboxylic acids is 1. The predicted molar refractivity (Wildman–Crippen MR) is 109 cm³/mol. The number of para-hydroxylation sites is 2. The number of nitrogens with zero attached hydrogens (tertiary/aromatic N) is 1. The molecule has 0 aromatic heterocycles. The van der Waals surface area contributed by atoms with Crippen molar-refractivity contribution in [3.63, 3.8) is 0 Å². The van der Waals surface area contributed by atoms with Gasteiger partial charge in [0.15, 0.2) is 5.75 Å². The number of urea groups is 1. The van der Waals surface area contributed by atoms with Gasteiger partial charge in [-0.05, 0) is 62.6 Å². The highest BCUT2D eigenvalue weighted by molar-refractivity contribution is 5.91. The first kappa shape index (κ1) is 20.0. The van der Waals surface area contributed by atoms with E-state index in [-0.39, 0.29) is 12.1 Å². The quantitative estimate of drug-likeness (QED) is 0.769. The van der Waals surface area contributed by atoms with Crippen LogP contribution in [0.25, 0.3) is 0 Å². The number of ether oxygens (including phenoxy) is 3. The second-order valence-corrected chi connectivity index (χ2v) is 6.71. The van der Waals surface area contributed by atoms with E-state index >= 15 is 0 Å². The summed E-state index contributed by atoms with van der Waals surface area (Å²) in [7, 11) is 1.73. The van der Waals surface area contributed by atoms with Gasteiger partial charge in [0, 0.05) is 20.2 Å². The Morgan fingerprint density at radius 3 is 2.57 bits per heavy atom. The lowest BCUT2D eigenvalue weighted by molar-refractivity contribution is 0.0908. The van der Waals surface area contributed by atoms with Crippen LogP contribution in [0.15, 0.2) is 48.5 Å². The molecule has 0 spiro atoms. The van der Waals surface area contributed by atoms with E-state index in [4.69, 9.17) is 14.2 Å². The Morgan fingerprint density at radius 1 is 1.07 bits per heavy atom. The molecule has 6 nitrogen and oxygen atoms in total. The van der Waals surface area contributed by atoms with Crippen molar-refractivity contribution >= 4 is 11.7 Å². The van der Waals surface area contributed by atoms with Crippen LogP contribution in [-0.4, -0.2) is 43.8 Å². The molecule has 1 saturated heterocycles. The van der Waals surface area contributed by atoms with Crippen molar-refractivity contribution in [3.05, 3.63) is 48.5 Å². The molecule has 3 rings (SSSR count). The number of anilines is 1. The van der Waals surface area contributed by atoms with Crippen molar-refractivity contribution in [2.75, 3.05) is 32.1 Å². The van der Waals surface area contributed by atoms with Crippen molar-refractivity contribution in [1.82, 2.24) is 4.90 Å². The number of hydrogen-bond acceptors (Lipinski definition) is 4. The SMILES string of the molecule is CCOc1ccc(Oc2ccccc2NC(=O)N2CCCC(OC)CC2)cc1. The lowest BCUT2D eigenvalue weighted by atomic mass is 10.2. The van der Waals surface area contributed by atoms with Gasteiger partial charge >= 0.3 is 6.03 Å². The Morgan fingerprint density at radius 2 is 1.82 bits per heavy atom. The summed E-state index contributed by atoms with van der Waals surface area (Å²) >= 11 is 0. The minimum Gasteiger partial charge on any atom is -0.494 e. The number of methoxy groups -OCH3 is 1. The van der Waals surface area contributed by atoms with E-state index in [0.717, 1.165) is 31.6 Å². The van der Waals surface area contributed by atoms with Gasteiger partial charge in [-0.1, -0.05) is 12.1 Å². The summed E-state index contributed by atoms with van der Waals surface area (Å²) in [4.78, 5) is 14.6. The van der Waals surface area contributed by atoms with Crippen LogP contribution < -0.4 is 14.8 Å². The molecule has 2 amide bonds. The molecule has 150 valence electrons. The molecule has 1 unspecified atom stereocenters. The highest BCUT2D eigenvalue weighted by atomic mass is 16.5.